The van der Waals surface area contributed by atoms with Crippen LogP contribution in [0.25, 0.3) is 0 Å². The van der Waals surface area contributed by atoms with E-state index in [-0.39, 0.29) is 196 Å². The lowest BCUT2D eigenvalue weighted by Crippen LogP contribution is -2.46. The zero-order chi connectivity index (χ0) is 89.2. The number of unbranched alkanes of at least 4 members (excludes halogenated alkanes) is 4. The second-order valence-electron chi connectivity index (χ2n) is 34.3. The molecule has 2 aliphatic rings. The molecular formula is C90H156N12O13S2. The van der Waals surface area contributed by atoms with Crippen LogP contribution in [0.1, 0.15) is 286 Å². The summed E-state index contributed by atoms with van der Waals surface area (Å²) in [4.78, 5) is 160. The number of nitrogens with zero attached hydrogens (tertiary/aromatic N) is 2. The number of carbonyl (C=O) groups is 13. The van der Waals surface area contributed by atoms with Gasteiger partial charge in [-0.05, 0) is 168 Å². The number of imide groups is 2. The van der Waals surface area contributed by atoms with Gasteiger partial charge in [0, 0.05) is 131 Å². The van der Waals surface area contributed by atoms with Crippen LogP contribution in [-0.2, 0) is 75.2 Å². The van der Waals surface area contributed by atoms with E-state index in [1.54, 1.807) is 11.8 Å². The molecule has 2 saturated heterocycles. The van der Waals surface area contributed by atoms with E-state index in [1.807, 2.05) is 220 Å². The minimum Gasteiger partial charge on any atom is -0.370 e. The Kier molecular flexibility index (Phi) is 57.8. The number of nitrogens with two attached hydrogens (primary N) is 2. The molecular weight excluding hydrogens is 1520 g/mol. The van der Waals surface area contributed by atoms with Crippen molar-refractivity contribution in [2.24, 2.45) is 35.1 Å². The monoisotopic (exact) mass is 1680 g/mol. The molecule has 25 nitrogen and oxygen atoms in total. The Morgan fingerprint density at radius 3 is 1.16 bits per heavy atom. The van der Waals surface area contributed by atoms with Gasteiger partial charge in [-0.3, -0.25) is 72.1 Å². The van der Waals surface area contributed by atoms with Gasteiger partial charge in [0.05, 0.1) is 28.6 Å². The van der Waals surface area contributed by atoms with Crippen LogP contribution in [0.4, 0.5) is 0 Å². The lowest BCUT2D eigenvalue weighted by Gasteiger charge is -2.26. The van der Waals surface area contributed by atoms with Gasteiger partial charge in [-0.15, -0.1) is 23.5 Å². The molecule has 2 fully saturated rings. The van der Waals surface area contributed by atoms with Crippen molar-refractivity contribution >= 4 is 99.9 Å². The molecule has 0 radical (unpaired) electrons. The van der Waals surface area contributed by atoms with E-state index in [9.17, 15) is 62.3 Å². The van der Waals surface area contributed by atoms with Crippen LogP contribution in [0, 0.1) is 23.7 Å². The average molecular weight is 1680 g/mol. The normalized spacial score (nSPS) is 15.6. The highest BCUT2D eigenvalue weighted by atomic mass is 32.2. The Morgan fingerprint density at radius 1 is 0.402 bits per heavy atom. The fraction of sp³-hybridized carbons (Fsp3) is 0.722. The number of rotatable bonds is 51. The SMILES string of the molecule is CC(C)NC(=O)C(CC(=O)C(C)NC(C)C)Cc1ccccc1.CC(C)NC(=O)C(CC(=O)C(CCCCN)NC(C)C)Cc1ccccc1.CC(C)NC(=O)C(CCCCC(N)=O)CC(=O)C(NC(C)C)C(C)C.CC(C)NC(=O)CCCCCN1C(=O)CC(SC(C)C)C1=O.CC(C)NC(=O)CCCN1C(=O)CC(SC(C)C)C1=O. The molecule has 8 unspecified atom stereocenters. The van der Waals surface area contributed by atoms with Crippen LogP contribution < -0.4 is 54.0 Å². The highest BCUT2D eigenvalue weighted by Crippen LogP contribution is 2.30. The van der Waals surface area contributed by atoms with Gasteiger partial charge < -0.3 is 54.0 Å². The molecule has 2 aliphatic heterocycles. The topological polar surface area (TPSA) is 377 Å². The summed E-state index contributed by atoms with van der Waals surface area (Å²) in [5, 5.41) is 24.6. The summed E-state index contributed by atoms with van der Waals surface area (Å²) < 4.78 is 0. The van der Waals surface area contributed by atoms with Crippen LogP contribution in [0.15, 0.2) is 60.7 Å². The van der Waals surface area contributed by atoms with Crippen molar-refractivity contribution in [1.82, 2.24) is 52.3 Å². The molecule has 4 rings (SSSR count). The summed E-state index contributed by atoms with van der Waals surface area (Å²) in [6.07, 6.45) is 11.1. The molecule has 2 aromatic rings. The number of carbonyl (C=O) groups excluding carboxylic acids is 13. The molecule has 8 atom stereocenters. The standard InChI is InChI=1S/C22H37N3O2.C19H37N3O3.C19H30N2O2.C16H28N2O3S.C14H24N2O3S/c1-16(2)24-20(12-8-9-13-23)21(26)15-19(22(27)25-17(3)4)14-18-10-6-5-7-11-18;1-12(2)18(21-13(3)4)16(23)11-15(19(25)22-14(5)6)9-7-8-10-17(20)24;1-13(2)20-15(5)18(22)12-17(19(23)21-14(3)4)11-16-9-7-6-8-10-16;1-11(2)17-14(19)8-6-5-7-9-18-15(20)10-13(16(18)21)22-12(3)4;1-9(2)15-12(17)6-5-7-16-13(18)8-11(14(16)19)20-10(3)4/h5-7,10-11,16-17,19-20,24H,8-9,12-15,23H2,1-4H3,(H,25,27);12-15,18,21H,7-11H2,1-6H3,(H2,20,24)(H,22,25);6-10,13-15,17,20H,11-12H2,1-5H3,(H,21,23);11-13H,5-10H2,1-4H3,(H,17,19);9-11H,5-8H2,1-4H3,(H,15,17). The third-order valence-corrected chi connectivity index (χ3v) is 20.8. The summed E-state index contributed by atoms with van der Waals surface area (Å²) in [6, 6.07) is 20.1. The second kappa shape index (κ2) is 61.4. The molecule has 2 aromatic carbocycles. The predicted octanol–water partition coefficient (Wildman–Crippen LogP) is 11.6. The number of nitrogens with one attached hydrogen (secondary N) is 8. The van der Waals surface area contributed by atoms with Crippen molar-refractivity contribution in [2.45, 2.75) is 375 Å². The largest absolute Gasteiger partial charge is 0.370 e. The quantitative estimate of drug-likeness (QED) is 0.0217. The van der Waals surface area contributed by atoms with Gasteiger partial charge in [0.2, 0.25) is 59.1 Å². The lowest BCUT2D eigenvalue weighted by molar-refractivity contribution is -0.140. The number of hydrogen-bond acceptors (Lipinski definition) is 19. The summed E-state index contributed by atoms with van der Waals surface area (Å²) >= 11 is 3.10. The minimum atomic E-state index is -0.363. The Bertz CT molecular complexity index is 3260. The Labute approximate surface area is 712 Å². The molecule has 117 heavy (non-hydrogen) atoms. The summed E-state index contributed by atoms with van der Waals surface area (Å²) in [6.45, 7) is 46.8. The summed E-state index contributed by atoms with van der Waals surface area (Å²) in [5.41, 5.74) is 12.9. The van der Waals surface area contributed by atoms with Crippen molar-refractivity contribution < 1.29 is 62.3 Å². The number of thioether (sulfide) groups is 2. The molecule has 0 bridgehead atoms. The predicted molar refractivity (Wildman–Crippen MR) is 477 cm³/mol. The molecule has 0 aromatic heterocycles. The molecule has 27 heteroatoms. The molecule has 0 aliphatic carbocycles. The van der Waals surface area contributed by atoms with E-state index in [1.165, 1.54) is 21.6 Å². The number of primary amides is 1. The first kappa shape index (κ1) is 110. The van der Waals surface area contributed by atoms with Crippen LogP contribution in [0.3, 0.4) is 0 Å². The van der Waals surface area contributed by atoms with Crippen molar-refractivity contribution in [1.29, 1.82) is 0 Å². The Balaban J connectivity index is 0.00000144. The molecule has 666 valence electrons. The first-order valence-electron chi connectivity index (χ1n) is 43.2. The molecule has 2 heterocycles. The summed E-state index contributed by atoms with van der Waals surface area (Å²) in [7, 11) is 0. The van der Waals surface area contributed by atoms with Crippen molar-refractivity contribution in [3.63, 3.8) is 0 Å². The van der Waals surface area contributed by atoms with E-state index in [2.05, 4.69) is 42.5 Å². The van der Waals surface area contributed by atoms with Crippen molar-refractivity contribution in [3.8, 4) is 0 Å². The van der Waals surface area contributed by atoms with Crippen LogP contribution >= 0.6 is 23.5 Å². The van der Waals surface area contributed by atoms with Gasteiger partial charge in [0.15, 0.2) is 11.6 Å². The maximum Gasteiger partial charge on any atom is 0.242 e. The van der Waals surface area contributed by atoms with Crippen molar-refractivity contribution in [3.05, 3.63) is 71.8 Å². The van der Waals surface area contributed by atoms with E-state index in [0.29, 0.717) is 101 Å². The third kappa shape index (κ3) is 52.0. The lowest BCUT2D eigenvalue weighted by atomic mass is 9.88. The van der Waals surface area contributed by atoms with Crippen molar-refractivity contribution in [2.75, 3.05) is 19.6 Å². The Hall–Kier alpha value is -6.91. The van der Waals surface area contributed by atoms with E-state index in [0.717, 1.165) is 49.7 Å². The van der Waals surface area contributed by atoms with Crippen LogP contribution in [-0.4, -0.2) is 193 Å². The molecule has 0 saturated carbocycles. The third-order valence-electron chi connectivity index (χ3n) is 18.3. The maximum atomic E-state index is 13.0. The van der Waals surface area contributed by atoms with Gasteiger partial charge in [0.1, 0.15) is 5.78 Å². The minimum absolute atomic E-state index is 0.0328. The number of ketones is 3. The average Bonchev–Trinajstić information content (AvgIpc) is 1.71. The van der Waals surface area contributed by atoms with Crippen LogP contribution in [0.2, 0.25) is 0 Å². The van der Waals surface area contributed by atoms with Gasteiger partial charge in [0.25, 0.3) is 0 Å². The Morgan fingerprint density at radius 2 is 0.778 bits per heavy atom. The van der Waals surface area contributed by atoms with E-state index in [4.69, 9.17) is 11.5 Å². The first-order chi connectivity index (χ1) is 54.8. The molecule has 0 spiro atoms. The zero-order valence-electron chi connectivity index (χ0n) is 75.7. The van der Waals surface area contributed by atoms with Gasteiger partial charge in [-0.1, -0.05) is 163 Å². The number of hydrogen-bond donors (Lipinski definition) is 10. The summed E-state index contributed by atoms with van der Waals surface area (Å²) in [5.74, 6) is -1.41. The number of benzene rings is 2. The fourth-order valence-electron chi connectivity index (χ4n) is 13.1. The number of Topliss-reactive ketones (excluding diaryl/α,β-unsaturated/α-hetero) is 3. The highest BCUT2D eigenvalue weighted by molar-refractivity contribution is 8.01. The number of amides is 10. The molecule has 10 amide bonds. The first-order valence-corrected chi connectivity index (χ1v) is 45.1. The maximum absolute atomic E-state index is 13.0. The van der Waals surface area contributed by atoms with Gasteiger partial charge in [-0.2, -0.15) is 0 Å². The van der Waals surface area contributed by atoms with E-state index >= 15 is 0 Å². The fourth-order valence-corrected chi connectivity index (χ4v) is 15.4. The second-order valence-corrected chi connectivity index (χ2v) is 37.9. The van der Waals surface area contributed by atoms with Crippen LogP contribution in [0.5, 0.6) is 0 Å². The van der Waals surface area contributed by atoms with Gasteiger partial charge >= 0.3 is 0 Å². The zero-order valence-corrected chi connectivity index (χ0v) is 77.3. The van der Waals surface area contributed by atoms with E-state index < -0.39 is 0 Å². The smallest absolute Gasteiger partial charge is 0.242 e. The highest BCUT2D eigenvalue weighted by Gasteiger charge is 2.40. The number of likely N-dealkylation sites (tertiary alicyclic amines) is 2. The van der Waals surface area contributed by atoms with Gasteiger partial charge in [-0.25, -0.2) is 0 Å². The molecule has 12 N–H and O–H groups in total.